The summed E-state index contributed by atoms with van der Waals surface area (Å²) in [6.45, 7) is 2.93. The summed E-state index contributed by atoms with van der Waals surface area (Å²) < 4.78 is 0. The highest BCUT2D eigenvalue weighted by molar-refractivity contribution is 6.00. The number of nitrogens with two attached hydrogens (primary N) is 1. The molecule has 1 aliphatic rings. The third kappa shape index (κ3) is 4.71. The van der Waals surface area contributed by atoms with E-state index in [-0.39, 0.29) is 11.8 Å². The smallest absolute Gasteiger partial charge is 0.179 e. The number of hydrogen-bond acceptors (Lipinski definition) is 3. The minimum atomic E-state index is -0.0992. The molecule has 3 N–H and O–H groups in total. The maximum Gasteiger partial charge on any atom is 0.179 e. The topological polar surface area (TPSA) is 55.1 Å². The minimum Gasteiger partial charge on any atom is -0.399 e. The Morgan fingerprint density at radius 3 is 2.67 bits per heavy atom. The average molecular weight is 286 g/mol. The van der Waals surface area contributed by atoms with Gasteiger partial charge in [0.25, 0.3) is 0 Å². The number of ketones is 1. The Morgan fingerprint density at radius 1 is 1.29 bits per heavy atom. The highest BCUT2D eigenvalue weighted by Crippen LogP contribution is 2.19. The first kappa shape index (κ1) is 15.8. The van der Waals surface area contributed by atoms with Crippen LogP contribution in [0, 0.1) is 0 Å². The van der Waals surface area contributed by atoms with Gasteiger partial charge in [0, 0.05) is 11.3 Å². The Kier molecular flexibility index (Phi) is 6.00. The summed E-state index contributed by atoms with van der Waals surface area (Å²) >= 11 is 0. The van der Waals surface area contributed by atoms with E-state index in [4.69, 9.17) is 5.73 Å². The molecule has 114 valence electrons. The molecule has 0 fully saturated rings. The summed E-state index contributed by atoms with van der Waals surface area (Å²) in [6, 6.07) is 7.09. The molecule has 21 heavy (non-hydrogen) atoms. The lowest BCUT2D eigenvalue weighted by molar-refractivity contribution is 0.0941. The van der Waals surface area contributed by atoms with Gasteiger partial charge in [-0.3, -0.25) is 4.79 Å². The molecule has 0 saturated heterocycles. The zero-order valence-corrected chi connectivity index (χ0v) is 12.9. The fraction of sp³-hybridized carbons (Fsp3) is 0.500. The molecule has 1 unspecified atom stereocenters. The molecule has 3 nitrogen and oxygen atoms in total. The predicted molar refractivity (Wildman–Crippen MR) is 88.4 cm³/mol. The van der Waals surface area contributed by atoms with Crippen molar-refractivity contribution in [2.24, 2.45) is 0 Å². The molecule has 1 aliphatic carbocycles. The summed E-state index contributed by atoms with van der Waals surface area (Å²) in [5.41, 5.74) is 8.64. The standard InChI is InChI=1S/C18H26N2O/c1-2-17(18(21)15-8-10-16(19)11-9-15)20-13-12-14-6-4-3-5-7-14/h6,8-11,17,20H,2-5,7,12-13,19H2,1H3. The summed E-state index contributed by atoms with van der Waals surface area (Å²) in [6.07, 6.45) is 9.32. The van der Waals surface area contributed by atoms with Crippen LogP contribution in [0.25, 0.3) is 0 Å². The van der Waals surface area contributed by atoms with Gasteiger partial charge in [-0.25, -0.2) is 0 Å². The van der Waals surface area contributed by atoms with Crippen LogP contribution in [0.3, 0.4) is 0 Å². The monoisotopic (exact) mass is 286 g/mol. The second kappa shape index (κ2) is 7.99. The number of benzene rings is 1. The highest BCUT2D eigenvalue weighted by Gasteiger charge is 2.17. The second-order valence-electron chi connectivity index (χ2n) is 5.76. The van der Waals surface area contributed by atoms with E-state index in [9.17, 15) is 4.79 Å². The fourth-order valence-electron chi connectivity index (χ4n) is 2.81. The van der Waals surface area contributed by atoms with Gasteiger partial charge in [-0.1, -0.05) is 18.6 Å². The van der Waals surface area contributed by atoms with Gasteiger partial charge in [-0.2, -0.15) is 0 Å². The Bertz CT molecular complexity index is 490. The number of carbonyl (C=O) groups excluding carboxylic acids is 1. The first-order valence-corrected chi connectivity index (χ1v) is 8.01. The van der Waals surface area contributed by atoms with Gasteiger partial charge in [-0.15, -0.1) is 0 Å². The zero-order valence-electron chi connectivity index (χ0n) is 12.9. The number of carbonyl (C=O) groups is 1. The van der Waals surface area contributed by atoms with Crippen LogP contribution in [-0.2, 0) is 0 Å². The molecule has 0 heterocycles. The average Bonchev–Trinajstić information content (AvgIpc) is 2.53. The summed E-state index contributed by atoms with van der Waals surface area (Å²) in [4.78, 5) is 12.5. The highest BCUT2D eigenvalue weighted by atomic mass is 16.1. The molecule has 0 aromatic heterocycles. The normalized spacial score (nSPS) is 16.3. The van der Waals surface area contributed by atoms with Crippen LogP contribution in [0.1, 0.15) is 55.8 Å². The minimum absolute atomic E-state index is 0.0992. The zero-order chi connectivity index (χ0) is 15.1. The van der Waals surface area contributed by atoms with E-state index in [2.05, 4.69) is 11.4 Å². The third-order valence-corrected chi connectivity index (χ3v) is 4.14. The lowest BCUT2D eigenvalue weighted by Gasteiger charge is -2.18. The molecule has 1 atom stereocenters. The van der Waals surface area contributed by atoms with Gasteiger partial charge >= 0.3 is 0 Å². The maximum atomic E-state index is 12.5. The molecule has 1 aromatic rings. The van der Waals surface area contributed by atoms with Crippen molar-refractivity contribution in [1.82, 2.24) is 5.32 Å². The number of nitrogens with one attached hydrogen (secondary N) is 1. The van der Waals surface area contributed by atoms with E-state index in [1.807, 2.05) is 19.1 Å². The van der Waals surface area contributed by atoms with Gasteiger partial charge < -0.3 is 11.1 Å². The van der Waals surface area contributed by atoms with Crippen LogP contribution in [0.4, 0.5) is 5.69 Å². The Labute approximate surface area is 127 Å². The van der Waals surface area contributed by atoms with E-state index < -0.39 is 0 Å². The van der Waals surface area contributed by atoms with Crippen molar-refractivity contribution in [3.63, 3.8) is 0 Å². The molecular weight excluding hydrogens is 260 g/mol. The largest absolute Gasteiger partial charge is 0.399 e. The van der Waals surface area contributed by atoms with E-state index in [0.29, 0.717) is 5.69 Å². The molecule has 0 spiro atoms. The quantitative estimate of drug-likeness (QED) is 0.456. The summed E-state index contributed by atoms with van der Waals surface area (Å²) in [7, 11) is 0. The summed E-state index contributed by atoms with van der Waals surface area (Å²) in [5.74, 6) is 0.162. The number of nitrogen functional groups attached to an aromatic ring is 1. The van der Waals surface area contributed by atoms with E-state index in [1.165, 1.54) is 25.7 Å². The number of hydrogen-bond donors (Lipinski definition) is 2. The first-order chi connectivity index (χ1) is 10.2. The third-order valence-electron chi connectivity index (χ3n) is 4.14. The Hall–Kier alpha value is -1.61. The van der Waals surface area contributed by atoms with Crippen molar-refractivity contribution >= 4 is 11.5 Å². The number of allylic oxidation sites excluding steroid dienone is 1. The van der Waals surface area contributed by atoms with Crippen LogP contribution < -0.4 is 11.1 Å². The molecular formula is C18H26N2O. The predicted octanol–water partition coefficient (Wildman–Crippen LogP) is 3.71. The van der Waals surface area contributed by atoms with Gasteiger partial charge in [0.15, 0.2) is 5.78 Å². The lowest BCUT2D eigenvalue weighted by Crippen LogP contribution is -2.37. The van der Waals surface area contributed by atoms with Crippen LogP contribution in [0.5, 0.6) is 0 Å². The van der Waals surface area contributed by atoms with E-state index >= 15 is 0 Å². The number of rotatable bonds is 7. The van der Waals surface area contributed by atoms with E-state index in [1.54, 1.807) is 17.7 Å². The van der Waals surface area contributed by atoms with Crippen LogP contribution in [0.15, 0.2) is 35.9 Å². The number of anilines is 1. The SMILES string of the molecule is CCC(NCCC1=CCCCC1)C(=O)c1ccc(N)cc1. The summed E-state index contributed by atoms with van der Waals surface area (Å²) in [5, 5.41) is 3.41. The molecule has 0 saturated carbocycles. The lowest BCUT2D eigenvalue weighted by atomic mass is 9.97. The van der Waals surface area contributed by atoms with Gasteiger partial charge in [0.05, 0.1) is 6.04 Å². The van der Waals surface area contributed by atoms with Crippen LogP contribution in [-0.4, -0.2) is 18.4 Å². The molecule has 0 radical (unpaired) electrons. The number of Topliss-reactive ketones (excluding diaryl/α,β-unsaturated/α-hetero) is 1. The molecule has 1 aromatic carbocycles. The fourth-order valence-corrected chi connectivity index (χ4v) is 2.81. The van der Waals surface area contributed by atoms with Gasteiger partial charge in [-0.05, 0) is 69.3 Å². The molecule has 0 bridgehead atoms. The van der Waals surface area contributed by atoms with Gasteiger partial charge in [0.2, 0.25) is 0 Å². The van der Waals surface area contributed by atoms with Crippen molar-refractivity contribution in [2.45, 2.75) is 51.5 Å². The first-order valence-electron chi connectivity index (χ1n) is 8.01. The van der Waals surface area contributed by atoms with Crippen molar-refractivity contribution in [3.8, 4) is 0 Å². The molecule has 2 rings (SSSR count). The van der Waals surface area contributed by atoms with Crippen LogP contribution in [0.2, 0.25) is 0 Å². The molecule has 3 heteroatoms. The van der Waals surface area contributed by atoms with Gasteiger partial charge in [0.1, 0.15) is 0 Å². The maximum absolute atomic E-state index is 12.5. The molecule has 0 aliphatic heterocycles. The van der Waals surface area contributed by atoms with Crippen molar-refractivity contribution in [2.75, 3.05) is 12.3 Å². The van der Waals surface area contributed by atoms with Crippen molar-refractivity contribution in [1.29, 1.82) is 0 Å². The second-order valence-corrected chi connectivity index (χ2v) is 5.76. The Morgan fingerprint density at radius 2 is 2.05 bits per heavy atom. The van der Waals surface area contributed by atoms with E-state index in [0.717, 1.165) is 24.9 Å². The van der Waals surface area contributed by atoms with Crippen LogP contribution >= 0.6 is 0 Å². The van der Waals surface area contributed by atoms with Crippen molar-refractivity contribution in [3.05, 3.63) is 41.5 Å². The molecule has 0 amide bonds. The van der Waals surface area contributed by atoms with Crippen molar-refractivity contribution < 1.29 is 4.79 Å². The Balaban J connectivity index is 1.85.